The molecule has 1 atom stereocenters. The lowest BCUT2D eigenvalue weighted by Crippen LogP contribution is -2.55. The van der Waals surface area contributed by atoms with E-state index in [0.717, 1.165) is 39.0 Å². The maximum atomic E-state index is 12.6. The highest BCUT2D eigenvalue weighted by atomic mass is 35.5. The topological polar surface area (TPSA) is 64.7 Å². The van der Waals surface area contributed by atoms with Crippen LogP contribution in [-0.4, -0.2) is 66.4 Å². The van der Waals surface area contributed by atoms with Crippen LogP contribution in [0, 0.1) is 0 Å². The van der Waals surface area contributed by atoms with Gasteiger partial charge in [0, 0.05) is 32.2 Å². The molecule has 0 spiro atoms. The van der Waals surface area contributed by atoms with Crippen LogP contribution in [0.15, 0.2) is 24.3 Å². The van der Waals surface area contributed by atoms with Gasteiger partial charge in [-0.05, 0) is 31.9 Å². The average Bonchev–Trinajstić information content (AvgIpc) is 2.70. The first-order valence-corrected chi connectivity index (χ1v) is 10.7. The molecule has 154 valence electrons. The Balaban J connectivity index is 1.40. The van der Waals surface area contributed by atoms with Gasteiger partial charge in [0.05, 0.1) is 23.3 Å². The summed E-state index contributed by atoms with van der Waals surface area (Å²) in [6, 6.07) is 7.46. The van der Waals surface area contributed by atoms with Crippen molar-refractivity contribution < 1.29 is 9.59 Å². The van der Waals surface area contributed by atoms with Crippen LogP contribution in [0.3, 0.4) is 0 Å². The van der Waals surface area contributed by atoms with Gasteiger partial charge in [0.15, 0.2) is 0 Å². The second-order valence-corrected chi connectivity index (χ2v) is 8.27. The number of hydrogen-bond donors (Lipinski definition) is 2. The molecule has 0 bridgehead atoms. The van der Waals surface area contributed by atoms with E-state index in [1.165, 1.54) is 19.3 Å². The fourth-order valence-corrected chi connectivity index (χ4v) is 4.18. The molecule has 1 saturated heterocycles. The summed E-state index contributed by atoms with van der Waals surface area (Å²) in [5, 5.41) is 6.63. The first kappa shape index (κ1) is 21.1. The Morgan fingerprint density at radius 2 is 1.79 bits per heavy atom. The smallest absolute Gasteiger partial charge is 0.238 e. The van der Waals surface area contributed by atoms with Crippen molar-refractivity contribution >= 4 is 29.1 Å². The number of nitrogens with one attached hydrogen (secondary N) is 2. The minimum absolute atomic E-state index is 0.0651. The molecular weight excluding hydrogens is 376 g/mol. The van der Waals surface area contributed by atoms with E-state index in [1.54, 1.807) is 12.1 Å². The van der Waals surface area contributed by atoms with Crippen LogP contribution in [-0.2, 0) is 9.59 Å². The van der Waals surface area contributed by atoms with E-state index >= 15 is 0 Å². The number of benzene rings is 1. The van der Waals surface area contributed by atoms with Crippen molar-refractivity contribution in [2.45, 2.75) is 51.1 Å². The number of carbonyl (C=O) groups is 2. The highest BCUT2D eigenvalue weighted by molar-refractivity contribution is 6.33. The minimum Gasteiger partial charge on any atom is -0.352 e. The number of carbonyl (C=O) groups excluding carboxylic acids is 2. The molecule has 2 amide bonds. The normalized spacial score (nSPS) is 20.5. The van der Waals surface area contributed by atoms with Crippen LogP contribution in [0.2, 0.25) is 5.02 Å². The first-order valence-electron chi connectivity index (χ1n) is 10.3. The van der Waals surface area contributed by atoms with Gasteiger partial charge in [-0.25, -0.2) is 0 Å². The molecule has 2 N–H and O–H groups in total. The van der Waals surface area contributed by atoms with Gasteiger partial charge in [0.1, 0.15) is 0 Å². The van der Waals surface area contributed by atoms with E-state index in [-0.39, 0.29) is 17.9 Å². The van der Waals surface area contributed by atoms with E-state index in [4.69, 9.17) is 11.6 Å². The molecule has 0 unspecified atom stereocenters. The van der Waals surface area contributed by atoms with Gasteiger partial charge in [-0.15, -0.1) is 0 Å². The summed E-state index contributed by atoms with van der Waals surface area (Å²) in [5.41, 5.74) is 0.640. The average molecular weight is 407 g/mol. The minimum atomic E-state index is -0.124. The zero-order valence-electron chi connectivity index (χ0n) is 16.6. The van der Waals surface area contributed by atoms with Crippen LogP contribution >= 0.6 is 11.6 Å². The van der Waals surface area contributed by atoms with Crippen LogP contribution in [0.25, 0.3) is 0 Å². The van der Waals surface area contributed by atoms with Gasteiger partial charge in [-0.1, -0.05) is 43.0 Å². The molecule has 0 aromatic heterocycles. The molecule has 1 aromatic carbocycles. The van der Waals surface area contributed by atoms with Gasteiger partial charge in [0.25, 0.3) is 0 Å². The quantitative estimate of drug-likeness (QED) is 0.762. The lowest BCUT2D eigenvalue weighted by Gasteiger charge is -2.37. The van der Waals surface area contributed by atoms with Crippen LogP contribution in [0.1, 0.15) is 39.0 Å². The Labute approximate surface area is 172 Å². The van der Waals surface area contributed by atoms with E-state index in [0.29, 0.717) is 23.3 Å². The van der Waals surface area contributed by atoms with E-state index in [2.05, 4.69) is 20.4 Å². The predicted molar refractivity (Wildman–Crippen MR) is 113 cm³/mol. The van der Waals surface area contributed by atoms with Gasteiger partial charge in [-0.3, -0.25) is 19.4 Å². The molecule has 1 saturated carbocycles. The molecule has 1 aliphatic heterocycles. The van der Waals surface area contributed by atoms with Gasteiger partial charge >= 0.3 is 0 Å². The molecule has 0 radical (unpaired) electrons. The fourth-order valence-electron chi connectivity index (χ4n) is 4.00. The molecule has 1 aromatic rings. The molecule has 2 fully saturated rings. The molecule has 1 heterocycles. The Hall–Kier alpha value is -1.63. The number of hydrogen-bond acceptors (Lipinski definition) is 4. The Kier molecular flexibility index (Phi) is 7.71. The molecule has 1 aliphatic carbocycles. The molecule has 28 heavy (non-hydrogen) atoms. The number of para-hydroxylation sites is 1. The summed E-state index contributed by atoms with van der Waals surface area (Å²) in [5.74, 6) is 0.0708. The Morgan fingerprint density at radius 3 is 2.46 bits per heavy atom. The second-order valence-electron chi connectivity index (χ2n) is 7.86. The lowest BCUT2D eigenvalue weighted by atomic mass is 9.95. The highest BCUT2D eigenvalue weighted by Crippen LogP contribution is 2.20. The fraction of sp³-hybridized carbons (Fsp3) is 0.619. The predicted octanol–water partition coefficient (Wildman–Crippen LogP) is 2.73. The van der Waals surface area contributed by atoms with Crippen LogP contribution in [0.5, 0.6) is 0 Å². The first-order chi connectivity index (χ1) is 13.5. The van der Waals surface area contributed by atoms with Crippen molar-refractivity contribution in [3.8, 4) is 0 Å². The Morgan fingerprint density at radius 1 is 1.11 bits per heavy atom. The molecule has 7 heteroatoms. The van der Waals surface area contributed by atoms with Crippen LogP contribution < -0.4 is 10.6 Å². The number of piperazine rings is 1. The number of nitrogens with zero attached hydrogens (tertiary/aromatic N) is 2. The van der Waals surface area contributed by atoms with Crippen molar-refractivity contribution in [2.75, 3.05) is 38.0 Å². The van der Waals surface area contributed by atoms with Gasteiger partial charge < -0.3 is 10.6 Å². The summed E-state index contributed by atoms with van der Waals surface area (Å²) >= 11 is 6.09. The zero-order chi connectivity index (χ0) is 19.9. The monoisotopic (exact) mass is 406 g/mol. The zero-order valence-corrected chi connectivity index (χ0v) is 17.4. The Bertz CT molecular complexity index is 670. The summed E-state index contributed by atoms with van der Waals surface area (Å²) < 4.78 is 0. The maximum absolute atomic E-state index is 12.6. The summed E-state index contributed by atoms with van der Waals surface area (Å²) in [6.45, 7) is 5.45. The summed E-state index contributed by atoms with van der Waals surface area (Å²) in [7, 11) is 0. The van der Waals surface area contributed by atoms with E-state index < -0.39 is 0 Å². The van der Waals surface area contributed by atoms with E-state index in [1.807, 2.05) is 19.1 Å². The van der Waals surface area contributed by atoms with Gasteiger partial charge in [0.2, 0.25) is 11.8 Å². The largest absolute Gasteiger partial charge is 0.352 e. The number of anilines is 1. The van der Waals surface area contributed by atoms with Crippen LogP contribution in [0.4, 0.5) is 5.69 Å². The SMILES string of the molecule is C[C@@H](C(=O)NC1CCCCC1)N1CCN(CC(=O)Nc2ccccc2Cl)CC1. The van der Waals surface area contributed by atoms with Crippen molar-refractivity contribution in [1.29, 1.82) is 0 Å². The van der Waals surface area contributed by atoms with Crippen molar-refractivity contribution in [2.24, 2.45) is 0 Å². The molecule has 3 rings (SSSR count). The molecule has 2 aliphatic rings. The third-order valence-corrected chi connectivity index (χ3v) is 6.13. The highest BCUT2D eigenvalue weighted by Gasteiger charge is 2.27. The third-order valence-electron chi connectivity index (χ3n) is 5.80. The van der Waals surface area contributed by atoms with Gasteiger partial charge in [-0.2, -0.15) is 0 Å². The summed E-state index contributed by atoms with van der Waals surface area (Å²) in [4.78, 5) is 29.2. The van der Waals surface area contributed by atoms with Crippen molar-refractivity contribution in [3.63, 3.8) is 0 Å². The number of rotatable bonds is 6. The third kappa shape index (κ3) is 5.93. The standard InChI is InChI=1S/C21H31ClN4O2/c1-16(21(28)23-17-7-3-2-4-8-17)26-13-11-25(12-14-26)15-20(27)24-19-10-6-5-9-18(19)22/h5-6,9-10,16-17H,2-4,7-8,11-15H2,1H3,(H,23,28)(H,24,27)/t16-/m0/s1. The van der Waals surface area contributed by atoms with Crippen molar-refractivity contribution in [3.05, 3.63) is 29.3 Å². The van der Waals surface area contributed by atoms with E-state index in [9.17, 15) is 9.59 Å². The molecule has 6 nitrogen and oxygen atoms in total. The number of halogens is 1. The van der Waals surface area contributed by atoms with Crippen molar-refractivity contribution in [1.82, 2.24) is 15.1 Å². The summed E-state index contributed by atoms with van der Waals surface area (Å²) in [6.07, 6.45) is 5.93. The maximum Gasteiger partial charge on any atom is 0.238 e. The molecular formula is C21H31ClN4O2. The second kappa shape index (κ2) is 10.2. The number of amides is 2. The lowest BCUT2D eigenvalue weighted by molar-refractivity contribution is -0.128.